The third-order valence-electron chi connectivity index (χ3n) is 2.16. The standard InChI is InChI=1S/C13H14N2O4/c1-8(7-12(17)18)13(19)15-11-5-3-10(4-6-11)14-9(2)16/h3-7H,1-2H3,(H,14,16)(H,15,19)(H,17,18)/b8-7+. The van der Waals surface area contributed by atoms with Crippen molar-refractivity contribution >= 4 is 29.2 Å². The topological polar surface area (TPSA) is 95.5 Å². The van der Waals surface area contributed by atoms with Crippen LogP contribution in [0.5, 0.6) is 0 Å². The van der Waals surface area contributed by atoms with Crippen molar-refractivity contribution in [3.05, 3.63) is 35.9 Å². The van der Waals surface area contributed by atoms with Crippen molar-refractivity contribution in [2.75, 3.05) is 10.6 Å². The number of carboxylic acid groups (broad SMARTS) is 1. The van der Waals surface area contributed by atoms with Crippen LogP contribution in [0, 0.1) is 0 Å². The fourth-order valence-electron chi connectivity index (χ4n) is 1.32. The summed E-state index contributed by atoms with van der Waals surface area (Å²) in [7, 11) is 0. The zero-order chi connectivity index (χ0) is 14.4. The van der Waals surface area contributed by atoms with Gasteiger partial charge in [0.2, 0.25) is 5.91 Å². The second-order valence-electron chi connectivity index (χ2n) is 3.88. The van der Waals surface area contributed by atoms with Crippen molar-refractivity contribution in [1.29, 1.82) is 0 Å². The molecule has 0 spiro atoms. The molecule has 0 unspecified atom stereocenters. The normalized spacial score (nSPS) is 10.7. The molecule has 0 aromatic heterocycles. The molecule has 2 amide bonds. The first-order valence-corrected chi connectivity index (χ1v) is 5.48. The van der Waals surface area contributed by atoms with E-state index in [-0.39, 0.29) is 11.5 Å². The van der Waals surface area contributed by atoms with Crippen LogP contribution in [0.15, 0.2) is 35.9 Å². The van der Waals surface area contributed by atoms with E-state index in [9.17, 15) is 14.4 Å². The van der Waals surface area contributed by atoms with Crippen LogP contribution in [0.4, 0.5) is 11.4 Å². The lowest BCUT2D eigenvalue weighted by Crippen LogP contribution is -2.13. The number of hydrogen-bond donors (Lipinski definition) is 3. The van der Waals surface area contributed by atoms with Crippen LogP contribution in [0.1, 0.15) is 13.8 Å². The van der Waals surface area contributed by atoms with Gasteiger partial charge in [-0.15, -0.1) is 0 Å². The highest BCUT2D eigenvalue weighted by Crippen LogP contribution is 2.14. The minimum absolute atomic E-state index is 0.0958. The van der Waals surface area contributed by atoms with Gasteiger partial charge in [-0.25, -0.2) is 4.79 Å². The number of benzene rings is 1. The maximum absolute atomic E-state index is 11.6. The average Bonchev–Trinajstić information content (AvgIpc) is 2.30. The van der Waals surface area contributed by atoms with Crippen molar-refractivity contribution < 1.29 is 19.5 Å². The summed E-state index contributed by atoms with van der Waals surface area (Å²) in [4.78, 5) is 32.8. The molecule has 0 aliphatic heterocycles. The molecular formula is C13H14N2O4. The van der Waals surface area contributed by atoms with Gasteiger partial charge in [-0.2, -0.15) is 0 Å². The van der Waals surface area contributed by atoms with Crippen LogP contribution < -0.4 is 10.6 Å². The van der Waals surface area contributed by atoms with Gasteiger partial charge in [-0.1, -0.05) is 0 Å². The molecule has 0 bridgehead atoms. The Labute approximate surface area is 110 Å². The van der Waals surface area contributed by atoms with E-state index in [0.29, 0.717) is 11.4 Å². The van der Waals surface area contributed by atoms with Gasteiger partial charge < -0.3 is 15.7 Å². The summed E-state index contributed by atoms with van der Waals surface area (Å²) in [6, 6.07) is 6.48. The molecule has 0 aliphatic rings. The fourth-order valence-corrected chi connectivity index (χ4v) is 1.32. The van der Waals surface area contributed by atoms with Crippen LogP contribution in [-0.4, -0.2) is 22.9 Å². The fraction of sp³-hybridized carbons (Fsp3) is 0.154. The Morgan fingerprint density at radius 3 is 1.89 bits per heavy atom. The first kappa shape index (κ1) is 14.4. The van der Waals surface area contributed by atoms with E-state index in [1.807, 2.05) is 0 Å². The van der Waals surface area contributed by atoms with Crippen LogP contribution in [-0.2, 0) is 14.4 Å². The SMILES string of the molecule is CC(=O)Nc1ccc(NC(=O)/C(C)=C/C(=O)O)cc1. The molecule has 0 fully saturated rings. The minimum Gasteiger partial charge on any atom is -0.478 e. The van der Waals surface area contributed by atoms with E-state index in [4.69, 9.17) is 5.11 Å². The van der Waals surface area contributed by atoms with Crippen LogP contribution in [0.3, 0.4) is 0 Å². The zero-order valence-corrected chi connectivity index (χ0v) is 10.6. The second kappa shape index (κ2) is 6.34. The molecule has 0 radical (unpaired) electrons. The molecule has 0 atom stereocenters. The summed E-state index contributed by atoms with van der Waals surface area (Å²) in [5.41, 5.74) is 1.22. The molecule has 3 N–H and O–H groups in total. The van der Waals surface area contributed by atoms with Crippen LogP contribution in [0.2, 0.25) is 0 Å². The molecule has 0 saturated heterocycles. The van der Waals surface area contributed by atoms with Gasteiger partial charge in [0.15, 0.2) is 0 Å². The average molecular weight is 262 g/mol. The van der Waals surface area contributed by atoms with Crippen molar-refractivity contribution in [2.24, 2.45) is 0 Å². The quantitative estimate of drug-likeness (QED) is 0.718. The Kier molecular flexibility index (Phi) is 4.82. The molecule has 0 saturated carbocycles. The Balaban J connectivity index is 2.70. The number of anilines is 2. The maximum Gasteiger partial charge on any atom is 0.328 e. The summed E-state index contributed by atoms with van der Waals surface area (Å²) in [6.07, 6.45) is 0.834. The van der Waals surface area contributed by atoms with Crippen molar-refractivity contribution in [3.63, 3.8) is 0 Å². The second-order valence-corrected chi connectivity index (χ2v) is 3.88. The van der Waals surface area contributed by atoms with E-state index in [2.05, 4.69) is 10.6 Å². The number of carboxylic acids is 1. The number of nitrogens with one attached hydrogen (secondary N) is 2. The van der Waals surface area contributed by atoms with E-state index >= 15 is 0 Å². The predicted molar refractivity (Wildman–Crippen MR) is 70.8 cm³/mol. The van der Waals surface area contributed by atoms with Gasteiger partial charge in [0.05, 0.1) is 0 Å². The lowest BCUT2D eigenvalue weighted by atomic mass is 10.2. The van der Waals surface area contributed by atoms with Crippen molar-refractivity contribution in [3.8, 4) is 0 Å². The molecule has 0 aliphatic carbocycles. The van der Waals surface area contributed by atoms with Gasteiger partial charge in [0.1, 0.15) is 0 Å². The Morgan fingerprint density at radius 2 is 1.47 bits per heavy atom. The maximum atomic E-state index is 11.6. The van der Waals surface area contributed by atoms with E-state index in [0.717, 1.165) is 6.08 Å². The first-order chi connectivity index (χ1) is 8.88. The lowest BCUT2D eigenvalue weighted by molar-refractivity contribution is -0.131. The summed E-state index contributed by atoms with van der Waals surface area (Å²) in [6.45, 7) is 2.81. The van der Waals surface area contributed by atoms with E-state index in [1.54, 1.807) is 24.3 Å². The highest BCUT2D eigenvalue weighted by atomic mass is 16.4. The molecule has 1 rings (SSSR count). The van der Waals surface area contributed by atoms with Gasteiger partial charge in [-0.05, 0) is 31.2 Å². The molecule has 6 heteroatoms. The summed E-state index contributed by atoms with van der Waals surface area (Å²) in [5.74, 6) is -1.85. The van der Waals surface area contributed by atoms with E-state index in [1.165, 1.54) is 13.8 Å². The highest BCUT2D eigenvalue weighted by Gasteiger charge is 2.06. The van der Waals surface area contributed by atoms with Gasteiger partial charge >= 0.3 is 5.97 Å². The number of aliphatic carboxylic acids is 1. The number of carbonyl (C=O) groups is 3. The third-order valence-corrected chi connectivity index (χ3v) is 2.16. The van der Waals surface area contributed by atoms with Gasteiger partial charge in [0.25, 0.3) is 5.91 Å². The third kappa shape index (κ3) is 5.03. The minimum atomic E-state index is -1.17. The summed E-state index contributed by atoms with van der Waals surface area (Å²) >= 11 is 0. The van der Waals surface area contributed by atoms with Crippen molar-refractivity contribution in [2.45, 2.75) is 13.8 Å². The lowest BCUT2D eigenvalue weighted by Gasteiger charge is -2.06. The van der Waals surface area contributed by atoms with Crippen LogP contribution in [0.25, 0.3) is 0 Å². The van der Waals surface area contributed by atoms with Crippen LogP contribution >= 0.6 is 0 Å². The number of amides is 2. The number of carbonyl (C=O) groups excluding carboxylic acids is 2. The zero-order valence-electron chi connectivity index (χ0n) is 10.6. The Hall–Kier alpha value is -2.63. The monoisotopic (exact) mass is 262 g/mol. The smallest absolute Gasteiger partial charge is 0.328 e. The molecule has 1 aromatic carbocycles. The largest absolute Gasteiger partial charge is 0.478 e. The number of rotatable bonds is 4. The molecule has 0 heterocycles. The Bertz CT molecular complexity index is 532. The summed E-state index contributed by atoms with van der Waals surface area (Å²) in [5, 5.41) is 13.7. The van der Waals surface area contributed by atoms with Gasteiger partial charge in [-0.3, -0.25) is 9.59 Å². The molecule has 6 nitrogen and oxygen atoms in total. The van der Waals surface area contributed by atoms with Gasteiger partial charge in [0, 0.05) is 29.9 Å². The predicted octanol–water partition coefficient (Wildman–Crippen LogP) is 1.61. The Morgan fingerprint density at radius 1 is 1.00 bits per heavy atom. The first-order valence-electron chi connectivity index (χ1n) is 5.48. The number of hydrogen-bond acceptors (Lipinski definition) is 3. The summed E-state index contributed by atoms with van der Waals surface area (Å²) < 4.78 is 0. The van der Waals surface area contributed by atoms with E-state index < -0.39 is 11.9 Å². The molecule has 1 aromatic rings. The van der Waals surface area contributed by atoms with Crippen molar-refractivity contribution in [1.82, 2.24) is 0 Å². The molecule has 19 heavy (non-hydrogen) atoms. The molecule has 100 valence electrons. The molecular weight excluding hydrogens is 248 g/mol. The highest BCUT2D eigenvalue weighted by molar-refractivity contribution is 6.06.